The van der Waals surface area contributed by atoms with Gasteiger partial charge in [0.1, 0.15) is 5.82 Å². The molecule has 4 nitrogen and oxygen atoms in total. The smallest absolute Gasteiger partial charge is 0.303 e. The molecule has 0 radical (unpaired) electrons. The summed E-state index contributed by atoms with van der Waals surface area (Å²) in [5, 5.41) is 11.2. The number of nitrogens with one attached hydrogen (secondary N) is 1. The number of carbonyl (C=O) groups is 2. The number of hydrogen-bond acceptors (Lipinski definition) is 2. The van der Waals surface area contributed by atoms with Crippen LogP contribution in [0.4, 0.5) is 10.1 Å². The van der Waals surface area contributed by atoms with E-state index in [2.05, 4.69) is 5.32 Å². The van der Waals surface area contributed by atoms with E-state index in [0.29, 0.717) is 11.3 Å². The number of halogens is 1. The summed E-state index contributed by atoms with van der Waals surface area (Å²) in [7, 11) is 0. The Labute approximate surface area is 91.1 Å². The Morgan fingerprint density at radius 1 is 1.56 bits per heavy atom. The SMILES string of the molecule is O=C(O)CC1CC(=O)Nc2cccc(F)c21. The number of benzene rings is 1. The van der Waals surface area contributed by atoms with Crippen LogP contribution < -0.4 is 5.32 Å². The van der Waals surface area contributed by atoms with Gasteiger partial charge in [0.05, 0.1) is 6.42 Å². The molecule has 1 aromatic rings. The Morgan fingerprint density at radius 3 is 3.00 bits per heavy atom. The van der Waals surface area contributed by atoms with Gasteiger partial charge in [0.15, 0.2) is 0 Å². The van der Waals surface area contributed by atoms with Gasteiger partial charge in [-0.2, -0.15) is 0 Å². The maximum atomic E-state index is 13.6. The lowest BCUT2D eigenvalue weighted by Crippen LogP contribution is -2.25. The van der Waals surface area contributed by atoms with E-state index in [1.165, 1.54) is 12.1 Å². The topological polar surface area (TPSA) is 66.4 Å². The van der Waals surface area contributed by atoms with Gasteiger partial charge < -0.3 is 10.4 Å². The van der Waals surface area contributed by atoms with Crippen molar-refractivity contribution in [3.63, 3.8) is 0 Å². The molecule has 1 aliphatic heterocycles. The molecule has 0 saturated heterocycles. The molecular formula is C11H10FNO3. The Bertz CT molecular complexity index is 459. The van der Waals surface area contributed by atoms with Crippen LogP contribution in [0.2, 0.25) is 0 Å². The summed E-state index contributed by atoms with van der Waals surface area (Å²) < 4.78 is 13.6. The maximum Gasteiger partial charge on any atom is 0.303 e. The highest BCUT2D eigenvalue weighted by molar-refractivity contribution is 5.95. The molecule has 1 aliphatic rings. The number of amides is 1. The van der Waals surface area contributed by atoms with Crippen molar-refractivity contribution >= 4 is 17.6 Å². The lowest BCUT2D eigenvalue weighted by atomic mass is 9.87. The van der Waals surface area contributed by atoms with Gasteiger partial charge in [-0.15, -0.1) is 0 Å². The Morgan fingerprint density at radius 2 is 2.31 bits per heavy atom. The van der Waals surface area contributed by atoms with E-state index < -0.39 is 17.7 Å². The molecule has 0 aromatic heterocycles. The fourth-order valence-corrected chi connectivity index (χ4v) is 1.97. The first kappa shape index (κ1) is 10.6. The van der Waals surface area contributed by atoms with Crippen molar-refractivity contribution < 1.29 is 19.1 Å². The fraction of sp³-hybridized carbons (Fsp3) is 0.273. The first-order valence-electron chi connectivity index (χ1n) is 4.88. The quantitative estimate of drug-likeness (QED) is 0.802. The number of carbonyl (C=O) groups excluding carboxylic acids is 1. The number of anilines is 1. The molecule has 1 heterocycles. The minimum atomic E-state index is -1.03. The molecule has 84 valence electrons. The molecule has 1 amide bonds. The molecule has 2 N–H and O–H groups in total. The average molecular weight is 223 g/mol. The van der Waals surface area contributed by atoms with Gasteiger partial charge in [-0.3, -0.25) is 9.59 Å². The molecule has 0 saturated carbocycles. The molecule has 0 fully saturated rings. The van der Waals surface area contributed by atoms with E-state index in [9.17, 15) is 14.0 Å². The number of fused-ring (bicyclic) bond motifs is 1. The third kappa shape index (κ3) is 1.88. The molecule has 0 spiro atoms. The van der Waals surface area contributed by atoms with Gasteiger partial charge in [-0.1, -0.05) is 6.07 Å². The molecule has 2 rings (SSSR count). The second kappa shape index (κ2) is 3.92. The fourth-order valence-electron chi connectivity index (χ4n) is 1.97. The minimum absolute atomic E-state index is 0.0141. The zero-order valence-corrected chi connectivity index (χ0v) is 8.37. The standard InChI is InChI=1S/C11H10FNO3/c12-7-2-1-3-8-11(7)6(5-10(15)16)4-9(14)13-8/h1-3,6H,4-5H2,(H,13,14)(H,15,16). The third-order valence-electron chi connectivity index (χ3n) is 2.59. The molecule has 5 heteroatoms. The summed E-state index contributed by atoms with van der Waals surface area (Å²) in [6.45, 7) is 0. The monoisotopic (exact) mass is 223 g/mol. The van der Waals surface area contributed by atoms with Crippen molar-refractivity contribution in [3.8, 4) is 0 Å². The van der Waals surface area contributed by atoms with Crippen LogP contribution in [0.3, 0.4) is 0 Å². The predicted molar refractivity (Wildman–Crippen MR) is 54.6 cm³/mol. The van der Waals surface area contributed by atoms with Crippen LogP contribution in [-0.4, -0.2) is 17.0 Å². The van der Waals surface area contributed by atoms with E-state index in [1.807, 2.05) is 0 Å². The molecule has 16 heavy (non-hydrogen) atoms. The molecule has 0 aliphatic carbocycles. The van der Waals surface area contributed by atoms with Gasteiger partial charge >= 0.3 is 5.97 Å². The van der Waals surface area contributed by atoms with Crippen LogP contribution in [0.15, 0.2) is 18.2 Å². The largest absolute Gasteiger partial charge is 0.481 e. The second-order valence-corrected chi connectivity index (χ2v) is 3.75. The molecule has 1 unspecified atom stereocenters. The second-order valence-electron chi connectivity index (χ2n) is 3.75. The summed E-state index contributed by atoms with van der Waals surface area (Å²) in [5.41, 5.74) is 0.673. The minimum Gasteiger partial charge on any atom is -0.481 e. The molecule has 1 aromatic carbocycles. The van der Waals surface area contributed by atoms with Crippen LogP contribution in [0.5, 0.6) is 0 Å². The van der Waals surface area contributed by atoms with Crippen LogP contribution in [0, 0.1) is 5.82 Å². The van der Waals surface area contributed by atoms with Crippen molar-refractivity contribution in [1.29, 1.82) is 0 Å². The molecule has 0 bridgehead atoms. The van der Waals surface area contributed by atoms with E-state index in [0.717, 1.165) is 0 Å². The van der Waals surface area contributed by atoms with Crippen LogP contribution >= 0.6 is 0 Å². The number of rotatable bonds is 2. The van der Waals surface area contributed by atoms with E-state index in [4.69, 9.17) is 5.11 Å². The molecule has 1 atom stereocenters. The van der Waals surface area contributed by atoms with E-state index in [1.54, 1.807) is 6.07 Å². The van der Waals surface area contributed by atoms with Crippen LogP contribution in [0.25, 0.3) is 0 Å². The number of carboxylic acid groups (broad SMARTS) is 1. The molecular weight excluding hydrogens is 213 g/mol. The zero-order valence-electron chi connectivity index (χ0n) is 8.37. The number of hydrogen-bond donors (Lipinski definition) is 2. The van der Waals surface area contributed by atoms with Crippen molar-refractivity contribution in [2.24, 2.45) is 0 Å². The third-order valence-corrected chi connectivity index (χ3v) is 2.59. The van der Waals surface area contributed by atoms with Crippen molar-refractivity contribution in [2.45, 2.75) is 18.8 Å². The highest BCUT2D eigenvalue weighted by Crippen LogP contribution is 2.36. The van der Waals surface area contributed by atoms with Gasteiger partial charge in [0, 0.05) is 23.6 Å². The lowest BCUT2D eigenvalue weighted by Gasteiger charge is -2.24. The van der Waals surface area contributed by atoms with E-state index >= 15 is 0 Å². The van der Waals surface area contributed by atoms with Crippen molar-refractivity contribution in [2.75, 3.05) is 5.32 Å². The lowest BCUT2D eigenvalue weighted by molar-refractivity contribution is -0.137. The van der Waals surface area contributed by atoms with Crippen molar-refractivity contribution in [3.05, 3.63) is 29.6 Å². The Hall–Kier alpha value is -1.91. The first-order valence-corrected chi connectivity index (χ1v) is 4.88. The van der Waals surface area contributed by atoms with Gasteiger partial charge in [-0.05, 0) is 12.1 Å². The predicted octanol–water partition coefficient (Wildman–Crippen LogP) is 1.73. The Kier molecular flexibility index (Phi) is 2.60. The van der Waals surface area contributed by atoms with Gasteiger partial charge in [0.2, 0.25) is 5.91 Å². The van der Waals surface area contributed by atoms with Gasteiger partial charge in [-0.25, -0.2) is 4.39 Å². The number of aliphatic carboxylic acids is 1. The van der Waals surface area contributed by atoms with Gasteiger partial charge in [0.25, 0.3) is 0 Å². The van der Waals surface area contributed by atoms with Crippen molar-refractivity contribution in [1.82, 2.24) is 0 Å². The zero-order chi connectivity index (χ0) is 11.7. The average Bonchev–Trinajstić information content (AvgIpc) is 2.15. The van der Waals surface area contributed by atoms with Crippen LogP contribution in [-0.2, 0) is 9.59 Å². The van der Waals surface area contributed by atoms with Crippen LogP contribution in [0.1, 0.15) is 24.3 Å². The summed E-state index contributed by atoms with van der Waals surface area (Å²) in [4.78, 5) is 21.9. The highest BCUT2D eigenvalue weighted by atomic mass is 19.1. The summed E-state index contributed by atoms with van der Waals surface area (Å²) >= 11 is 0. The number of carboxylic acids is 1. The maximum absolute atomic E-state index is 13.6. The summed E-state index contributed by atoms with van der Waals surface area (Å²) in [6, 6.07) is 4.33. The summed E-state index contributed by atoms with van der Waals surface area (Å²) in [6.07, 6.45) is -0.221. The first-order chi connectivity index (χ1) is 7.58. The van der Waals surface area contributed by atoms with E-state index in [-0.39, 0.29) is 18.7 Å². The highest BCUT2D eigenvalue weighted by Gasteiger charge is 2.29. The Balaban J connectivity index is 2.43. The normalized spacial score (nSPS) is 18.8. The summed E-state index contributed by atoms with van der Waals surface area (Å²) in [5.74, 6) is -2.36.